The summed E-state index contributed by atoms with van der Waals surface area (Å²) in [5.41, 5.74) is 1.31. The van der Waals surface area contributed by atoms with E-state index in [0.29, 0.717) is 17.1 Å². The molecule has 0 spiro atoms. The standard InChI is InChI=1S/C23H24O6/c1-26-20-11-7-16(13-22(20)28-3)5-9-18(24)15-19(25)10-6-17-8-12-21(27-2)23(14-17)29-4/h5-14H,15H2,1-4H3/i1D3. The van der Waals surface area contributed by atoms with Gasteiger partial charge in [0.15, 0.2) is 34.6 Å². The first kappa shape index (κ1) is 17.6. The van der Waals surface area contributed by atoms with Gasteiger partial charge in [-0.3, -0.25) is 9.59 Å². The average Bonchev–Trinajstić information content (AvgIpc) is 2.75. The molecule has 2 rings (SSSR count). The van der Waals surface area contributed by atoms with Crippen LogP contribution in [-0.4, -0.2) is 39.9 Å². The molecule has 2 aromatic carbocycles. The zero-order valence-electron chi connectivity index (χ0n) is 19.4. The van der Waals surface area contributed by atoms with Crippen LogP contribution >= 0.6 is 0 Å². The van der Waals surface area contributed by atoms with Crippen LogP contribution in [0, 0.1) is 0 Å². The molecule has 152 valence electrons. The smallest absolute Gasteiger partial charge is 0.163 e. The summed E-state index contributed by atoms with van der Waals surface area (Å²) in [4.78, 5) is 24.2. The van der Waals surface area contributed by atoms with E-state index in [9.17, 15) is 9.59 Å². The molecule has 29 heavy (non-hydrogen) atoms. The Morgan fingerprint density at radius 2 is 1.21 bits per heavy atom. The van der Waals surface area contributed by atoms with Crippen molar-refractivity contribution in [2.75, 3.05) is 28.4 Å². The number of ketones is 2. The lowest BCUT2D eigenvalue weighted by atomic mass is 10.1. The molecule has 6 nitrogen and oxygen atoms in total. The van der Waals surface area contributed by atoms with Crippen LogP contribution < -0.4 is 18.9 Å². The Bertz CT molecular complexity index is 1020. The van der Waals surface area contributed by atoms with Gasteiger partial charge >= 0.3 is 0 Å². The Morgan fingerprint density at radius 1 is 0.759 bits per heavy atom. The topological polar surface area (TPSA) is 71.1 Å². The lowest BCUT2D eigenvalue weighted by molar-refractivity contribution is -0.121. The molecule has 0 bridgehead atoms. The summed E-state index contributed by atoms with van der Waals surface area (Å²) in [7, 11) is 1.83. The van der Waals surface area contributed by atoms with Crippen molar-refractivity contribution in [1.29, 1.82) is 0 Å². The van der Waals surface area contributed by atoms with Gasteiger partial charge in [-0.1, -0.05) is 24.3 Å². The Labute approximate surface area is 174 Å². The second-order valence-electron chi connectivity index (χ2n) is 5.90. The number of carbonyl (C=O) groups is 2. The molecule has 0 amide bonds. The van der Waals surface area contributed by atoms with E-state index >= 15 is 0 Å². The van der Waals surface area contributed by atoms with Crippen molar-refractivity contribution in [3.63, 3.8) is 0 Å². The van der Waals surface area contributed by atoms with Crippen molar-refractivity contribution in [2.24, 2.45) is 0 Å². The Morgan fingerprint density at radius 3 is 1.62 bits per heavy atom. The Kier molecular flexibility index (Phi) is 6.48. The van der Waals surface area contributed by atoms with Gasteiger partial charge in [0, 0.05) is 0 Å². The summed E-state index contributed by atoms with van der Waals surface area (Å²) in [6.45, 7) is 0. The monoisotopic (exact) mass is 399 g/mol. The third-order valence-electron chi connectivity index (χ3n) is 3.98. The number of benzene rings is 2. The van der Waals surface area contributed by atoms with Crippen LogP contribution in [0.5, 0.6) is 23.0 Å². The van der Waals surface area contributed by atoms with Crippen LogP contribution in [0.4, 0.5) is 0 Å². The molecule has 0 atom stereocenters. The molecule has 0 heterocycles. The largest absolute Gasteiger partial charge is 0.493 e. The molecule has 0 aliphatic rings. The van der Waals surface area contributed by atoms with Gasteiger partial charge < -0.3 is 18.9 Å². The molecule has 0 aliphatic carbocycles. The number of methoxy groups -OCH3 is 4. The Balaban J connectivity index is 1.99. The minimum atomic E-state index is -2.61. The van der Waals surface area contributed by atoms with Crippen molar-refractivity contribution < 1.29 is 32.6 Å². The SMILES string of the molecule is [2H]C([2H])([2H])Oc1ccc(C=CC(=O)CC(=O)C=Cc2ccc(OC)c(OC)c2)cc1OC. The van der Waals surface area contributed by atoms with E-state index in [1.54, 1.807) is 30.3 Å². The second-order valence-corrected chi connectivity index (χ2v) is 5.90. The third-order valence-corrected chi connectivity index (χ3v) is 3.98. The molecule has 0 aliphatic heterocycles. The van der Waals surface area contributed by atoms with E-state index in [1.165, 1.54) is 51.7 Å². The summed E-state index contributed by atoms with van der Waals surface area (Å²) in [6, 6.07) is 9.75. The van der Waals surface area contributed by atoms with Gasteiger partial charge in [-0.05, 0) is 47.5 Å². The maximum absolute atomic E-state index is 12.1. The molecule has 0 fully saturated rings. The third kappa shape index (κ3) is 6.24. The van der Waals surface area contributed by atoms with Crippen LogP contribution in [-0.2, 0) is 9.59 Å². The van der Waals surface area contributed by atoms with E-state index in [-0.39, 0.29) is 29.5 Å². The van der Waals surface area contributed by atoms with Gasteiger partial charge in [0.25, 0.3) is 0 Å². The fraction of sp³-hybridized carbons (Fsp3) is 0.217. The maximum Gasteiger partial charge on any atom is 0.163 e. The number of rotatable bonds is 10. The van der Waals surface area contributed by atoms with Crippen LogP contribution in [0.3, 0.4) is 0 Å². The molecule has 0 saturated carbocycles. The predicted molar refractivity (Wildman–Crippen MR) is 112 cm³/mol. The lowest BCUT2D eigenvalue weighted by Crippen LogP contribution is -2.02. The molecule has 0 saturated heterocycles. The van der Waals surface area contributed by atoms with E-state index in [4.69, 9.17) is 23.1 Å². The van der Waals surface area contributed by atoms with Gasteiger partial charge in [-0.25, -0.2) is 0 Å². The zero-order chi connectivity index (χ0) is 23.7. The highest BCUT2D eigenvalue weighted by Gasteiger charge is 2.07. The first-order chi connectivity index (χ1) is 15.1. The minimum absolute atomic E-state index is 0.0615. The lowest BCUT2D eigenvalue weighted by Gasteiger charge is -2.07. The average molecular weight is 399 g/mol. The van der Waals surface area contributed by atoms with Crippen LogP contribution in [0.25, 0.3) is 12.2 Å². The molecular formula is C23H24O6. The fourth-order valence-electron chi connectivity index (χ4n) is 2.50. The first-order valence-electron chi connectivity index (χ1n) is 10.2. The van der Waals surface area contributed by atoms with Crippen LogP contribution in [0.15, 0.2) is 48.6 Å². The molecule has 0 unspecified atom stereocenters. The van der Waals surface area contributed by atoms with Gasteiger partial charge in [0.05, 0.1) is 38.9 Å². The van der Waals surface area contributed by atoms with Crippen molar-refractivity contribution in [3.05, 3.63) is 59.7 Å². The van der Waals surface area contributed by atoms with E-state index in [2.05, 4.69) is 0 Å². The summed E-state index contributed by atoms with van der Waals surface area (Å²) < 4.78 is 41.9. The molecular weight excluding hydrogens is 372 g/mol. The normalized spacial score (nSPS) is 12.9. The highest BCUT2D eigenvalue weighted by molar-refractivity contribution is 6.10. The maximum atomic E-state index is 12.1. The van der Waals surface area contributed by atoms with Gasteiger partial charge in [-0.15, -0.1) is 0 Å². The first-order valence-corrected chi connectivity index (χ1v) is 8.66. The highest BCUT2D eigenvalue weighted by Crippen LogP contribution is 2.28. The van der Waals surface area contributed by atoms with Crippen molar-refractivity contribution >= 4 is 23.7 Å². The number of ether oxygens (including phenoxy) is 4. The van der Waals surface area contributed by atoms with Gasteiger partial charge in [0.1, 0.15) is 0 Å². The van der Waals surface area contributed by atoms with Gasteiger partial charge in [0.2, 0.25) is 0 Å². The van der Waals surface area contributed by atoms with Crippen LogP contribution in [0.1, 0.15) is 21.7 Å². The molecule has 6 heteroatoms. The fourth-order valence-corrected chi connectivity index (χ4v) is 2.50. The summed E-state index contributed by atoms with van der Waals surface area (Å²) in [5, 5.41) is 0. The number of hydrogen-bond acceptors (Lipinski definition) is 6. The van der Waals surface area contributed by atoms with Crippen LogP contribution in [0.2, 0.25) is 0 Å². The number of hydrogen-bond donors (Lipinski definition) is 0. The summed E-state index contributed by atoms with van der Waals surface area (Å²) >= 11 is 0. The minimum Gasteiger partial charge on any atom is -0.493 e. The molecule has 0 radical (unpaired) electrons. The van der Waals surface area contributed by atoms with Gasteiger partial charge in [-0.2, -0.15) is 0 Å². The molecule has 2 aromatic rings. The highest BCUT2D eigenvalue weighted by atomic mass is 16.5. The molecule has 0 aromatic heterocycles. The summed E-state index contributed by atoms with van der Waals surface area (Å²) in [5.74, 6) is 0.649. The Hall–Kier alpha value is -3.54. The zero-order valence-corrected chi connectivity index (χ0v) is 16.4. The van der Waals surface area contributed by atoms with E-state index in [0.717, 1.165) is 5.56 Å². The quantitative estimate of drug-likeness (QED) is 0.445. The second kappa shape index (κ2) is 10.7. The summed E-state index contributed by atoms with van der Waals surface area (Å²) in [6.07, 6.45) is 5.42. The number of allylic oxidation sites excluding steroid dienone is 2. The number of carbonyl (C=O) groups excluding carboxylic acids is 2. The van der Waals surface area contributed by atoms with Crippen molar-refractivity contribution in [1.82, 2.24) is 0 Å². The van der Waals surface area contributed by atoms with E-state index in [1.807, 2.05) is 0 Å². The predicted octanol–water partition coefficient (Wildman–Crippen LogP) is 3.98. The van der Waals surface area contributed by atoms with Crippen molar-refractivity contribution in [2.45, 2.75) is 6.42 Å². The van der Waals surface area contributed by atoms with Crippen molar-refractivity contribution in [3.8, 4) is 23.0 Å². The van der Waals surface area contributed by atoms with E-state index < -0.39 is 7.04 Å². The molecule has 0 N–H and O–H groups in total.